The molecular weight excluding hydrogens is 458 g/mol. The molecule has 4 rings (SSSR count). The van der Waals surface area contributed by atoms with Gasteiger partial charge >= 0.3 is 0 Å². The fraction of sp³-hybridized carbons (Fsp3) is 0.393. The third-order valence-electron chi connectivity index (χ3n) is 6.70. The molecular formula is C28H33N3O3S. The number of amides is 3. The maximum atomic E-state index is 13.0. The first-order valence-electron chi connectivity index (χ1n) is 12.0. The minimum atomic E-state index is -0.432. The first-order chi connectivity index (χ1) is 16.5. The molecule has 1 N–H and O–H groups in total. The highest BCUT2D eigenvalue weighted by Gasteiger charge is 2.39. The van der Waals surface area contributed by atoms with Gasteiger partial charge in [0.15, 0.2) is 0 Å². The van der Waals surface area contributed by atoms with Gasteiger partial charge in [0.1, 0.15) is 6.54 Å². The summed E-state index contributed by atoms with van der Waals surface area (Å²) in [6.07, 6.45) is 2.83. The van der Waals surface area contributed by atoms with Crippen molar-refractivity contribution in [2.24, 2.45) is 0 Å². The molecule has 3 amide bonds. The lowest BCUT2D eigenvalue weighted by Gasteiger charge is -2.50. The molecule has 184 valence electrons. The first kappa shape index (κ1) is 25.0. The molecule has 0 aliphatic carbocycles. The summed E-state index contributed by atoms with van der Waals surface area (Å²) in [4.78, 5) is 41.9. The van der Waals surface area contributed by atoms with Gasteiger partial charge in [-0.25, -0.2) is 0 Å². The van der Waals surface area contributed by atoms with Crippen molar-refractivity contribution in [3.05, 3.63) is 64.1 Å². The lowest BCUT2D eigenvalue weighted by molar-refractivity contribution is -0.127. The van der Waals surface area contributed by atoms with Gasteiger partial charge in [0, 0.05) is 23.0 Å². The van der Waals surface area contributed by atoms with Crippen LogP contribution in [0.4, 0.5) is 16.2 Å². The van der Waals surface area contributed by atoms with E-state index in [0.717, 1.165) is 34.2 Å². The number of carbonyl (C=O) groups excluding carboxylic acids is 3. The minimum Gasteiger partial charge on any atom is -0.364 e. The molecule has 0 aromatic heterocycles. The van der Waals surface area contributed by atoms with E-state index < -0.39 is 17.1 Å². The normalized spacial score (nSPS) is 20.5. The van der Waals surface area contributed by atoms with Crippen molar-refractivity contribution in [1.29, 1.82) is 0 Å². The Morgan fingerprint density at radius 2 is 1.89 bits per heavy atom. The zero-order chi connectivity index (χ0) is 25.5. The Balaban J connectivity index is 1.58. The van der Waals surface area contributed by atoms with Crippen LogP contribution in [0.2, 0.25) is 0 Å². The number of rotatable bonds is 5. The molecule has 0 spiro atoms. The van der Waals surface area contributed by atoms with E-state index >= 15 is 0 Å². The number of carbonyl (C=O) groups is 3. The second kappa shape index (κ2) is 9.53. The average molecular weight is 492 g/mol. The predicted octanol–water partition coefficient (Wildman–Crippen LogP) is 6.17. The highest BCUT2D eigenvalue weighted by atomic mass is 32.2. The van der Waals surface area contributed by atoms with Gasteiger partial charge in [-0.2, -0.15) is 0 Å². The van der Waals surface area contributed by atoms with Crippen LogP contribution in [0.3, 0.4) is 0 Å². The summed E-state index contributed by atoms with van der Waals surface area (Å²) in [5.74, 6) is -0.465. The number of nitrogens with zero attached hydrogens (tertiary/aromatic N) is 2. The quantitative estimate of drug-likeness (QED) is 0.507. The van der Waals surface area contributed by atoms with Gasteiger partial charge in [-0.3, -0.25) is 19.3 Å². The zero-order valence-electron chi connectivity index (χ0n) is 21.2. The van der Waals surface area contributed by atoms with E-state index in [1.165, 1.54) is 11.3 Å². The molecule has 1 fully saturated rings. The van der Waals surface area contributed by atoms with E-state index in [0.29, 0.717) is 22.6 Å². The highest BCUT2D eigenvalue weighted by Crippen LogP contribution is 2.46. The van der Waals surface area contributed by atoms with Crippen molar-refractivity contribution in [3.8, 4) is 0 Å². The largest absolute Gasteiger partial charge is 0.364 e. The highest BCUT2D eigenvalue weighted by molar-refractivity contribution is 8.18. The number of imide groups is 1. The Hall–Kier alpha value is -3.06. The number of aryl methyl sites for hydroxylation is 1. The van der Waals surface area contributed by atoms with Crippen LogP contribution < -0.4 is 10.2 Å². The lowest BCUT2D eigenvalue weighted by Crippen LogP contribution is -2.51. The third kappa shape index (κ3) is 5.01. The van der Waals surface area contributed by atoms with Crippen molar-refractivity contribution in [2.75, 3.05) is 16.8 Å². The molecule has 2 heterocycles. The van der Waals surface area contributed by atoms with Crippen LogP contribution in [0.5, 0.6) is 0 Å². The molecule has 2 aromatic carbocycles. The van der Waals surface area contributed by atoms with Crippen molar-refractivity contribution in [3.63, 3.8) is 0 Å². The van der Waals surface area contributed by atoms with Gasteiger partial charge in [-0.15, -0.1) is 0 Å². The molecule has 2 aliphatic heterocycles. The number of anilines is 2. The first-order valence-corrected chi connectivity index (χ1v) is 12.8. The summed E-state index contributed by atoms with van der Waals surface area (Å²) in [6.45, 7) is 13.0. The van der Waals surface area contributed by atoms with Crippen molar-refractivity contribution in [1.82, 2.24) is 4.90 Å². The number of hydrogen-bond donors (Lipinski definition) is 1. The Labute approximate surface area is 211 Å². The maximum Gasteiger partial charge on any atom is 0.294 e. The third-order valence-corrected chi connectivity index (χ3v) is 7.61. The second-order valence-corrected chi connectivity index (χ2v) is 11.3. The molecule has 6 nitrogen and oxygen atoms in total. The summed E-state index contributed by atoms with van der Waals surface area (Å²) < 4.78 is 0. The molecule has 0 saturated carbocycles. The maximum absolute atomic E-state index is 13.0. The van der Waals surface area contributed by atoms with Crippen molar-refractivity contribution in [2.45, 2.75) is 65.5 Å². The molecule has 0 bridgehead atoms. The second-order valence-electron chi connectivity index (χ2n) is 10.3. The number of nitrogens with one attached hydrogen (secondary N) is 1. The van der Waals surface area contributed by atoms with Gasteiger partial charge < -0.3 is 10.2 Å². The standard InChI is InChI=1S/C28H33N3O3S/c1-17(2)31-23-12-18(3)20(13-22(23)19(4)15-28(31,5)6)14-24-26(33)30(27(34)35-24)16-25(32)29-21-10-8-7-9-11-21/h7-14,17,19H,15-16H2,1-6H3,(H,29,32)/b24-14-/t19-/m0/s1. The van der Waals surface area contributed by atoms with Gasteiger partial charge in [0.2, 0.25) is 5.91 Å². The van der Waals surface area contributed by atoms with Crippen LogP contribution in [0, 0.1) is 6.92 Å². The van der Waals surface area contributed by atoms with Gasteiger partial charge in [-0.05, 0) is 106 Å². The fourth-order valence-electron chi connectivity index (χ4n) is 5.39. The number of para-hydroxylation sites is 1. The van der Waals surface area contributed by atoms with Crippen LogP contribution in [0.15, 0.2) is 47.4 Å². The van der Waals surface area contributed by atoms with Crippen LogP contribution in [0.25, 0.3) is 6.08 Å². The Morgan fingerprint density at radius 3 is 2.54 bits per heavy atom. The Bertz CT molecular complexity index is 1200. The summed E-state index contributed by atoms with van der Waals surface area (Å²) >= 11 is 0.885. The van der Waals surface area contributed by atoms with E-state index in [1.54, 1.807) is 18.2 Å². The molecule has 0 unspecified atom stereocenters. The van der Waals surface area contributed by atoms with Gasteiger partial charge in [-0.1, -0.05) is 25.1 Å². The average Bonchev–Trinajstić information content (AvgIpc) is 3.02. The molecule has 2 aliphatic rings. The molecule has 7 heteroatoms. The van der Waals surface area contributed by atoms with Crippen LogP contribution in [-0.4, -0.2) is 40.1 Å². The summed E-state index contributed by atoms with van der Waals surface area (Å²) in [6, 6.07) is 13.7. The van der Waals surface area contributed by atoms with E-state index in [2.05, 4.69) is 57.0 Å². The number of benzene rings is 2. The Morgan fingerprint density at radius 1 is 1.20 bits per heavy atom. The molecule has 1 atom stereocenters. The summed E-state index contributed by atoms with van der Waals surface area (Å²) in [5, 5.41) is 2.29. The van der Waals surface area contributed by atoms with E-state index in [9.17, 15) is 14.4 Å². The van der Waals surface area contributed by atoms with Gasteiger partial charge in [0.05, 0.1) is 4.91 Å². The van der Waals surface area contributed by atoms with Crippen molar-refractivity contribution >= 4 is 46.3 Å². The summed E-state index contributed by atoms with van der Waals surface area (Å²) in [5.41, 5.74) is 5.15. The minimum absolute atomic E-state index is 0.0531. The number of thioether (sulfide) groups is 1. The van der Waals surface area contributed by atoms with E-state index in [4.69, 9.17) is 0 Å². The zero-order valence-corrected chi connectivity index (χ0v) is 22.0. The molecule has 35 heavy (non-hydrogen) atoms. The van der Waals surface area contributed by atoms with Crippen LogP contribution in [0.1, 0.15) is 63.6 Å². The van der Waals surface area contributed by atoms with Gasteiger partial charge in [0.25, 0.3) is 11.1 Å². The number of fused-ring (bicyclic) bond motifs is 1. The Kier molecular flexibility index (Phi) is 6.82. The van der Waals surface area contributed by atoms with E-state index in [-0.39, 0.29) is 12.1 Å². The SMILES string of the molecule is Cc1cc2c(cc1/C=C1\SC(=O)N(CC(=O)Nc3ccccc3)C1=O)[C@@H](C)CC(C)(C)N2C(C)C. The molecule has 2 aromatic rings. The lowest BCUT2D eigenvalue weighted by atomic mass is 9.78. The van der Waals surface area contributed by atoms with Crippen LogP contribution >= 0.6 is 11.8 Å². The number of hydrogen-bond acceptors (Lipinski definition) is 5. The summed E-state index contributed by atoms with van der Waals surface area (Å²) in [7, 11) is 0. The smallest absolute Gasteiger partial charge is 0.294 e. The van der Waals surface area contributed by atoms with Crippen molar-refractivity contribution < 1.29 is 14.4 Å². The fourth-order valence-corrected chi connectivity index (χ4v) is 6.22. The van der Waals surface area contributed by atoms with E-state index in [1.807, 2.05) is 25.1 Å². The monoisotopic (exact) mass is 491 g/mol. The topological polar surface area (TPSA) is 69.7 Å². The molecule has 1 saturated heterocycles. The van der Waals surface area contributed by atoms with Crippen LogP contribution in [-0.2, 0) is 9.59 Å². The predicted molar refractivity (Wildman–Crippen MR) is 144 cm³/mol. The molecule has 0 radical (unpaired) electrons.